The van der Waals surface area contributed by atoms with Crippen LogP contribution in [-0.2, 0) is 0 Å². The van der Waals surface area contributed by atoms with E-state index in [1.54, 1.807) is 29.9 Å². The van der Waals surface area contributed by atoms with Crippen molar-refractivity contribution in [2.24, 2.45) is 0 Å². The summed E-state index contributed by atoms with van der Waals surface area (Å²) >= 11 is 1.31. The Labute approximate surface area is 128 Å². The maximum atomic E-state index is 13.1. The average Bonchev–Trinajstić information content (AvgIpc) is 3.02. The van der Waals surface area contributed by atoms with Gasteiger partial charge in [-0.3, -0.25) is 9.78 Å². The highest BCUT2D eigenvalue weighted by Crippen LogP contribution is 2.23. The number of aromatic nitrogens is 2. The lowest BCUT2D eigenvalue weighted by Gasteiger charge is -2.03. The number of hydrogen-bond acceptors (Lipinski definition) is 4. The van der Waals surface area contributed by atoms with Gasteiger partial charge in [-0.2, -0.15) is 0 Å². The van der Waals surface area contributed by atoms with Crippen molar-refractivity contribution in [3.8, 4) is 10.6 Å². The van der Waals surface area contributed by atoms with Crippen molar-refractivity contribution in [2.45, 2.75) is 0 Å². The summed E-state index contributed by atoms with van der Waals surface area (Å²) in [5.41, 5.74) is 1.23. The normalized spacial score (nSPS) is 10.5. The van der Waals surface area contributed by atoms with Crippen LogP contribution >= 0.6 is 11.3 Å². The second kappa shape index (κ2) is 5.98. The van der Waals surface area contributed by atoms with Crippen LogP contribution in [0.25, 0.3) is 10.6 Å². The molecule has 1 aromatic carbocycles. The predicted molar refractivity (Wildman–Crippen MR) is 79.7 cm³/mol. The van der Waals surface area contributed by atoms with E-state index in [4.69, 9.17) is 0 Å². The van der Waals surface area contributed by atoms with E-state index in [-0.39, 0.29) is 11.4 Å². The number of amides is 1. The molecule has 0 saturated heterocycles. The van der Waals surface area contributed by atoms with E-state index in [1.807, 2.05) is 0 Å². The number of nitrogens with zero attached hydrogens (tertiary/aromatic N) is 2. The average molecular weight is 317 g/mol. The Morgan fingerprint density at radius 3 is 2.59 bits per heavy atom. The lowest BCUT2D eigenvalue weighted by molar-refractivity contribution is 0.102. The van der Waals surface area contributed by atoms with E-state index in [1.165, 1.54) is 17.4 Å². The lowest BCUT2D eigenvalue weighted by Crippen LogP contribution is -2.12. The summed E-state index contributed by atoms with van der Waals surface area (Å²) in [6.45, 7) is 0. The highest BCUT2D eigenvalue weighted by Gasteiger charge is 2.13. The van der Waals surface area contributed by atoms with Gasteiger partial charge in [-0.05, 0) is 24.3 Å². The molecule has 0 unspecified atom stereocenters. The summed E-state index contributed by atoms with van der Waals surface area (Å²) < 4.78 is 26.0. The van der Waals surface area contributed by atoms with E-state index in [0.29, 0.717) is 5.01 Å². The van der Waals surface area contributed by atoms with Gasteiger partial charge in [-0.1, -0.05) is 0 Å². The second-order valence-electron chi connectivity index (χ2n) is 4.36. The first-order valence-electron chi connectivity index (χ1n) is 6.26. The minimum absolute atomic E-state index is 0.169. The molecule has 2 heterocycles. The molecule has 3 aromatic rings. The van der Waals surface area contributed by atoms with Gasteiger partial charge in [0, 0.05) is 35.1 Å². The number of benzene rings is 1. The smallest absolute Gasteiger partial charge is 0.275 e. The first kappa shape index (κ1) is 14.3. The Bertz CT molecular complexity index is 821. The number of anilines is 1. The largest absolute Gasteiger partial charge is 0.321 e. The van der Waals surface area contributed by atoms with Crippen LogP contribution in [0.15, 0.2) is 48.1 Å². The molecule has 0 spiro atoms. The third-order valence-electron chi connectivity index (χ3n) is 2.84. The number of thiazole rings is 1. The number of rotatable bonds is 3. The van der Waals surface area contributed by atoms with Gasteiger partial charge >= 0.3 is 0 Å². The van der Waals surface area contributed by atoms with Gasteiger partial charge in [0.15, 0.2) is 11.6 Å². The molecule has 0 atom stereocenters. The zero-order valence-electron chi connectivity index (χ0n) is 11.1. The standard InChI is InChI=1S/C15H9F2N3OS/c16-11-2-1-10(7-12(11)17)19-14(21)13-8-22-15(20-13)9-3-5-18-6-4-9/h1-8H,(H,19,21). The van der Waals surface area contributed by atoms with E-state index in [9.17, 15) is 13.6 Å². The van der Waals surface area contributed by atoms with E-state index >= 15 is 0 Å². The number of halogens is 2. The molecule has 0 fully saturated rings. The molecule has 0 aliphatic heterocycles. The van der Waals surface area contributed by atoms with Crippen molar-refractivity contribution in [2.75, 3.05) is 5.32 Å². The minimum Gasteiger partial charge on any atom is -0.321 e. The molecule has 0 aliphatic rings. The summed E-state index contributed by atoms with van der Waals surface area (Å²) in [6, 6.07) is 6.73. The van der Waals surface area contributed by atoms with Crippen molar-refractivity contribution in [3.63, 3.8) is 0 Å². The number of hydrogen-bond donors (Lipinski definition) is 1. The Hall–Kier alpha value is -2.67. The van der Waals surface area contributed by atoms with Crippen molar-refractivity contribution >= 4 is 22.9 Å². The molecule has 2 aromatic heterocycles. The summed E-state index contributed by atoms with van der Waals surface area (Å²) in [6.07, 6.45) is 3.27. The van der Waals surface area contributed by atoms with Crippen LogP contribution in [0.5, 0.6) is 0 Å². The minimum atomic E-state index is -1.02. The molecular weight excluding hydrogens is 308 g/mol. The lowest BCUT2D eigenvalue weighted by atomic mass is 10.3. The number of nitrogens with one attached hydrogen (secondary N) is 1. The monoisotopic (exact) mass is 317 g/mol. The molecule has 7 heteroatoms. The highest BCUT2D eigenvalue weighted by atomic mass is 32.1. The Balaban J connectivity index is 1.78. The van der Waals surface area contributed by atoms with Gasteiger partial charge in [-0.25, -0.2) is 13.8 Å². The first-order chi connectivity index (χ1) is 10.6. The van der Waals surface area contributed by atoms with Crippen molar-refractivity contribution in [1.82, 2.24) is 9.97 Å². The van der Waals surface area contributed by atoms with Gasteiger partial charge in [0.05, 0.1) is 0 Å². The van der Waals surface area contributed by atoms with Crippen LogP contribution < -0.4 is 5.32 Å². The molecule has 3 rings (SSSR count). The molecule has 0 bridgehead atoms. The van der Waals surface area contributed by atoms with Crippen LogP contribution in [0.1, 0.15) is 10.5 Å². The predicted octanol–water partition coefficient (Wildman–Crippen LogP) is 3.74. The van der Waals surface area contributed by atoms with Crippen molar-refractivity contribution < 1.29 is 13.6 Å². The number of carbonyl (C=O) groups excluding carboxylic acids is 1. The maximum absolute atomic E-state index is 13.1. The van der Waals surface area contributed by atoms with Gasteiger partial charge in [0.2, 0.25) is 0 Å². The van der Waals surface area contributed by atoms with Crippen LogP contribution in [0.4, 0.5) is 14.5 Å². The molecule has 4 nitrogen and oxygen atoms in total. The van der Waals surface area contributed by atoms with Crippen molar-refractivity contribution in [3.05, 3.63) is 65.4 Å². The third kappa shape index (κ3) is 2.99. The zero-order valence-corrected chi connectivity index (χ0v) is 11.9. The summed E-state index contributed by atoms with van der Waals surface area (Å²) in [4.78, 5) is 20.2. The topological polar surface area (TPSA) is 54.9 Å². The van der Waals surface area contributed by atoms with Crippen LogP contribution in [0, 0.1) is 11.6 Å². The third-order valence-corrected chi connectivity index (χ3v) is 3.73. The fourth-order valence-electron chi connectivity index (χ4n) is 1.77. The molecular formula is C15H9F2N3OS. The fraction of sp³-hybridized carbons (Fsp3) is 0. The van der Waals surface area contributed by atoms with Crippen molar-refractivity contribution in [1.29, 1.82) is 0 Å². The molecule has 110 valence electrons. The van der Waals surface area contributed by atoms with Crippen LogP contribution in [-0.4, -0.2) is 15.9 Å². The molecule has 22 heavy (non-hydrogen) atoms. The Morgan fingerprint density at radius 1 is 1.09 bits per heavy atom. The van der Waals surface area contributed by atoms with Gasteiger partial charge in [0.25, 0.3) is 5.91 Å². The maximum Gasteiger partial charge on any atom is 0.275 e. The molecule has 0 radical (unpaired) electrons. The second-order valence-corrected chi connectivity index (χ2v) is 5.21. The number of carbonyl (C=O) groups is 1. The van der Waals surface area contributed by atoms with E-state index in [0.717, 1.165) is 17.7 Å². The Morgan fingerprint density at radius 2 is 1.86 bits per heavy atom. The van der Waals surface area contributed by atoms with Gasteiger partial charge in [-0.15, -0.1) is 11.3 Å². The first-order valence-corrected chi connectivity index (χ1v) is 7.14. The Kier molecular flexibility index (Phi) is 3.88. The molecule has 1 N–H and O–H groups in total. The van der Waals surface area contributed by atoms with E-state index < -0.39 is 17.5 Å². The molecule has 0 saturated carbocycles. The van der Waals surface area contributed by atoms with Crippen LogP contribution in [0.2, 0.25) is 0 Å². The molecule has 0 aliphatic carbocycles. The number of pyridine rings is 1. The quantitative estimate of drug-likeness (QED) is 0.800. The summed E-state index contributed by atoms with van der Waals surface area (Å²) in [5.74, 6) is -2.47. The highest BCUT2D eigenvalue weighted by molar-refractivity contribution is 7.13. The summed E-state index contributed by atoms with van der Waals surface area (Å²) in [7, 11) is 0. The molecule has 1 amide bonds. The summed E-state index contributed by atoms with van der Waals surface area (Å²) in [5, 5.41) is 4.76. The fourth-order valence-corrected chi connectivity index (χ4v) is 2.58. The zero-order chi connectivity index (χ0) is 15.5. The van der Waals surface area contributed by atoms with E-state index in [2.05, 4.69) is 15.3 Å². The van der Waals surface area contributed by atoms with Gasteiger partial charge < -0.3 is 5.32 Å². The van der Waals surface area contributed by atoms with Gasteiger partial charge in [0.1, 0.15) is 10.7 Å². The SMILES string of the molecule is O=C(Nc1ccc(F)c(F)c1)c1csc(-c2ccncc2)n1. The van der Waals surface area contributed by atoms with Crippen LogP contribution in [0.3, 0.4) is 0 Å².